The maximum Gasteiger partial charge on any atom is 0.308 e. The van der Waals surface area contributed by atoms with E-state index in [9.17, 15) is 9.18 Å². The smallest absolute Gasteiger partial charge is 0.308 e. The van der Waals surface area contributed by atoms with E-state index < -0.39 is 23.7 Å². The molecule has 2 atom stereocenters. The Labute approximate surface area is 136 Å². The standard InChI is InChI=1S/C15H15FN6O2/c1-7(15(23)24)8(2)21-14-11(16)5-19-13(22-14)10-4-18-12-9(10)3-17-6-20-12/h3-8H,1-2H3,(H,23,24)(H,17,18,20)(H,19,21,22)/t7-,8-/m0/s1. The van der Waals surface area contributed by atoms with E-state index in [1.165, 1.54) is 13.3 Å². The lowest BCUT2D eigenvalue weighted by molar-refractivity contribution is -0.141. The number of carbonyl (C=O) groups is 1. The molecular formula is C15H15FN6O2. The summed E-state index contributed by atoms with van der Waals surface area (Å²) in [5, 5.41) is 12.5. The van der Waals surface area contributed by atoms with E-state index >= 15 is 0 Å². The molecule has 0 saturated heterocycles. The van der Waals surface area contributed by atoms with Crippen LogP contribution >= 0.6 is 0 Å². The molecule has 0 aromatic carbocycles. The summed E-state index contributed by atoms with van der Waals surface area (Å²) in [7, 11) is 0. The molecule has 0 fully saturated rings. The number of carboxylic acids is 1. The first-order valence-corrected chi connectivity index (χ1v) is 7.26. The molecule has 8 nitrogen and oxygen atoms in total. The van der Waals surface area contributed by atoms with Gasteiger partial charge in [-0.1, -0.05) is 0 Å². The number of fused-ring (bicyclic) bond motifs is 1. The highest BCUT2D eigenvalue weighted by Crippen LogP contribution is 2.26. The highest BCUT2D eigenvalue weighted by molar-refractivity contribution is 5.90. The minimum absolute atomic E-state index is 0.0493. The van der Waals surface area contributed by atoms with Gasteiger partial charge in [0, 0.05) is 29.4 Å². The maximum absolute atomic E-state index is 14.0. The van der Waals surface area contributed by atoms with Crippen molar-refractivity contribution in [3.8, 4) is 11.4 Å². The first kappa shape index (κ1) is 15.8. The molecule has 3 N–H and O–H groups in total. The fourth-order valence-corrected chi connectivity index (χ4v) is 2.20. The summed E-state index contributed by atoms with van der Waals surface area (Å²) in [6, 6.07) is -0.508. The molecule has 0 spiro atoms. The Morgan fingerprint density at radius 1 is 1.33 bits per heavy atom. The second-order valence-corrected chi connectivity index (χ2v) is 5.44. The van der Waals surface area contributed by atoms with Crippen LogP contribution in [0.15, 0.2) is 24.9 Å². The average Bonchev–Trinajstić information content (AvgIpc) is 3.00. The number of aromatic amines is 1. The van der Waals surface area contributed by atoms with Gasteiger partial charge in [-0.3, -0.25) is 4.79 Å². The van der Waals surface area contributed by atoms with Crippen LogP contribution in [0, 0.1) is 11.7 Å². The quantitative estimate of drug-likeness (QED) is 0.655. The number of rotatable bonds is 5. The lowest BCUT2D eigenvalue weighted by Gasteiger charge is -2.18. The number of hydrogen-bond donors (Lipinski definition) is 3. The van der Waals surface area contributed by atoms with Crippen LogP contribution < -0.4 is 5.32 Å². The number of hydrogen-bond acceptors (Lipinski definition) is 6. The van der Waals surface area contributed by atoms with Crippen molar-refractivity contribution in [2.75, 3.05) is 5.32 Å². The summed E-state index contributed by atoms with van der Waals surface area (Å²) in [6.07, 6.45) is 5.74. The van der Waals surface area contributed by atoms with Gasteiger partial charge >= 0.3 is 5.97 Å². The molecule has 0 amide bonds. The van der Waals surface area contributed by atoms with E-state index in [-0.39, 0.29) is 11.6 Å². The van der Waals surface area contributed by atoms with E-state index in [0.29, 0.717) is 16.6 Å². The Kier molecular flexibility index (Phi) is 4.07. The monoisotopic (exact) mass is 330 g/mol. The van der Waals surface area contributed by atoms with Gasteiger partial charge in [-0.25, -0.2) is 24.3 Å². The Morgan fingerprint density at radius 3 is 2.88 bits per heavy atom. The van der Waals surface area contributed by atoms with Crippen LogP contribution in [-0.4, -0.2) is 42.0 Å². The SMILES string of the molecule is C[C@H](Nc1nc(-c2c[nH]c3ncncc23)ncc1F)[C@H](C)C(=O)O. The summed E-state index contributed by atoms with van der Waals surface area (Å²) in [5.41, 5.74) is 1.25. The van der Waals surface area contributed by atoms with Crippen LogP contribution in [0.4, 0.5) is 10.2 Å². The van der Waals surface area contributed by atoms with Crippen LogP contribution in [0.1, 0.15) is 13.8 Å². The van der Waals surface area contributed by atoms with Crippen LogP contribution in [0.25, 0.3) is 22.4 Å². The van der Waals surface area contributed by atoms with E-state index in [4.69, 9.17) is 5.11 Å². The molecule has 0 aliphatic carbocycles. The van der Waals surface area contributed by atoms with Crippen LogP contribution in [0.2, 0.25) is 0 Å². The molecule has 0 bridgehead atoms. The van der Waals surface area contributed by atoms with Crippen LogP contribution in [-0.2, 0) is 4.79 Å². The molecule has 0 aliphatic rings. The highest BCUT2D eigenvalue weighted by Gasteiger charge is 2.21. The molecule has 0 radical (unpaired) electrons. The van der Waals surface area contributed by atoms with Crippen molar-refractivity contribution in [3.05, 3.63) is 30.7 Å². The van der Waals surface area contributed by atoms with Crippen molar-refractivity contribution < 1.29 is 14.3 Å². The Morgan fingerprint density at radius 2 is 2.12 bits per heavy atom. The number of nitrogens with one attached hydrogen (secondary N) is 2. The van der Waals surface area contributed by atoms with Crippen molar-refractivity contribution in [2.24, 2.45) is 5.92 Å². The third kappa shape index (κ3) is 2.87. The largest absolute Gasteiger partial charge is 0.481 e. The number of aromatic nitrogens is 5. The lowest BCUT2D eigenvalue weighted by atomic mass is 10.0. The predicted molar refractivity (Wildman–Crippen MR) is 84.8 cm³/mol. The number of carboxylic acid groups (broad SMARTS) is 1. The topological polar surface area (TPSA) is 117 Å². The summed E-state index contributed by atoms with van der Waals surface area (Å²) >= 11 is 0. The fourth-order valence-electron chi connectivity index (χ4n) is 2.20. The van der Waals surface area contributed by atoms with Gasteiger partial charge in [0.05, 0.1) is 12.1 Å². The molecule has 0 saturated carbocycles. The van der Waals surface area contributed by atoms with Crippen LogP contribution in [0.5, 0.6) is 0 Å². The fraction of sp³-hybridized carbons (Fsp3) is 0.267. The Balaban J connectivity index is 1.96. The van der Waals surface area contributed by atoms with E-state index in [2.05, 4.69) is 30.2 Å². The number of anilines is 1. The van der Waals surface area contributed by atoms with Crippen molar-refractivity contribution >= 4 is 22.8 Å². The van der Waals surface area contributed by atoms with Gasteiger partial charge in [-0.05, 0) is 13.8 Å². The summed E-state index contributed by atoms with van der Waals surface area (Å²) in [6.45, 7) is 3.19. The molecule has 24 heavy (non-hydrogen) atoms. The first-order valence-electron chi connectivity index (χ1n) is 7.26. The molecule has 0 aliphatic heterocycles. The number of aliphatic carboxylic acids is 1. The number of nitrogens with zero attached hydrogens (tertiary/aromatic N) is 4. The second kappa shape index (κ2) is 6.19. The normalized spacial score (nSPS) is 13.6. The van der Waals surface area contributed by atoms with Crippen LogP contribution in [0.3, 0.4) is 0 Å². The van der Waals surface area contributed by atoms with Gasteiger partial charge in [0.15, 0.2) is 17.5 Å². The Hall–Kier alpha value is -3.10. The van der Waals surface area contributed by atoms with Gasteiger partial charge in [-0.15, -0.1) is 0 Å². The zero-order valence-electron chi connectivity index (χ0n) is 13.0. The minimum atomic E-state index is -0.974. The van der Waals surface area contributed by atoms with Gasteiger partial charge in [0.1, 0.15) is 12.0 Å². The van der Waals surface area contributed by atoms with Gasteiger partial charge in [-0.2, -0.15) is 0 Å². The van der Waals surface area contributed by atoms with Crippen molar-refractivity contribution in [3.63, 3.8) is 0 Å². The average molecular weight is 330 g/mol. The van der Waals surface area contributed by atoms with Gasteiger partial charge in [0.25, 0.3) is 0 Å². The molecule has 3 aromatic rings. The predicted octanol–water partition coefficient (Wildman–Crippen LogP) is 2.08. The summed E-state index contributed by atoms with van der Waals surface area (Å²) < 4.78 is 14.0. The van der Waals surface area contributed by atoms with Gasteiger partial charge in [0.2, 0.25) is 0 Å². The molecule has 3 heterocycles. The molecule has 3 rings (SSSR count). The molecule has 124 valence electrons. The first-order chi connectivity index (χ1) is 11.5. The van der Waals surface area contributed by atoms with Crippen molar-refractivity contribution in [1.29, 1.82) is 0 Å². The van der Waals surface area contributed by atoms with Gasteiger partial charge < -0.3 is 15.4 Å². The number of H-pyrrole nitrogens is 1. The summed E-state index contributed by atoms with van der Waals surface area (Å²) in [5.74, 6) is -2.09. The van der Waals surface area contributed by atoms with E-state index in [1.807, 2.05) is 0 Å². The molecule has 0 unspecified atom stereocenters. The van der Waals surface area contributed by atoms with Crippen molar-refractivity contribution in [2.45, 2.75) is 19.9 Å². The van der Waals surface area contributed by atoms with Crippen molar-refractivity contribution in [1.82, 2.24) is 24.9 Å². The zero-order valence-corrected chi connectivity index (χ0v) is 13.0. The third-order valence-corrected chi connectivity index (χ3v) is 3.84. The second-order valence-electron chi connectivity index (χ2n) is 5.44. The highest BCUT2D eigenvalue weighted by atomic mass is 19.1. The van der Waals surface area contributed by atoms with E-state index in [1.54, 1.807) is 19.3 Å². The zero-order chi connectivity index (χ0) is 17.3. The minimum Gasteiger partial charge on any atom is -0.481 e. The molecular weight excluding hydrogens is 315 g/mol. The number of halogens is 1. The maximum atomic E-state index is 14.0. The third-order valence-electron chi connectivity index (χ3n) is 3.84. The molecule has 3 aromatic heterocycles. The molecule has 9 heteroatoms. The Bertz CT molecular complexity index is 897. The summed E-state index contributed by atoms with van der Waals surface area (Å²) in [4.78, 5) is 30.2. The van der Waals surface area contributed by atoms with E-state index in [0.717, 1.165) is 6.20 Å². The lowest BCUT2D eigenvalue weighted by Crippen LogP contribution is -2.30.